The third-order valence-corrected chi connectivity index (χ3v) is 3.79. The maximum absolute atomic E-state index is 13.1. The Labute approximate surface area is 111 Å². The molecule has 0 saturated carbocycles. The maximum Gasteiger partial charge on any atom is 0.257 e. The van der Waals surface area contributed by atoms with Crippen LogP contribution in [-0.4, -0.2) is 8.42 Å². The topological polar surface area (TPSA) is 58.2 Å². The van der Waals surface area contributed by atoms with Crippen LogP contribution in [0.2, 0.25) is 0 Å². The van der Waals surface area contributed by atoms with Gasteiger partial charge in [0.25, 0.3) is 10.0 Å². The first-order valence-corrected chi connectivity index (χ1v) is 7.06. The van der Waals surface area contributed by atoms with Crippen LogP contribution in [0, 0.1) is 12.7 Å². The number of rotatable bonds is 4. The minimum Gasteiger partial charge on any atom is -0.308 e. The van der Waals surface area contributed by atoms with Crippen LogP contribution >= 0.6 is 0 Å². The van der Waals surface area contributed by atoms with Crippen molar-refractivity contribution in [3.05, 3.63) is 59.9 Å². The van der Waals surface area contributed by atoms with Gasteiger partial charge in [0.2, 0.25) is 0 Å². The molecule has 0 saturated heterocycles. The van der Waals surface area contributed by atoms with E-state index in [-0.39, 0.29) is 10.5 Å². The van der Waals surface area contributed by atoms with Crippen molar-refractivity contribution in [3.63, 3.8) is 0 Å². The highest BCUT2D eigenvalue weighted by atomic mass is 32.2. The lowest BCUT2D eigenvalue weighted by molar-refractivity contribution is 0.586. The van der Waals surface area contributed by atoms with E-state index in [4.69, 9.17) is 0 Å². The molecule has 2 rings (SSSR count). The summed E-state index contributed by atoms with van der Waals surface area (Å²) >= 11 is 0. The monoisotopic (exact) mass is 280 g/mol. The fraction of sp³-hybridized carbons (Fsp3) is 0.0769. The van der Waals surface area contributed by atoms with Gasteiger partial charge in [0.15, 0.2) is 0 Å². The van der Waals surface area contributed by atoms with Gasteiger partial charge >= 0.3 is 0 Å². The van der Waals surface area contributed by atoms with Crippen LogP contribution in [0.5, 0.6) is 0 Å². The molecule has 0 unspecified atom stereocenters. The van der Waals surface area contributed by atoms with Gasteiger partial charge in [-0.05, 0) is 42.8 Å². The van der Waals surface area contributed by atoms with Gasteiger partial charge in [-0.3, -0.25) is 0 Å². The molecule has 0 aliphatic rings. The van der Waals surface area contributed by atoms with Gasteiger partial charge in [-0.2, -0.15) is 0 Å². The summed E-state index contributed by atoms with van der Waals surface area (Å²) in [6.45, 7) is 1.51. The van der Waals surface area contributed by atoms with E-state index in [1.54, 1.807) is 24.3 Å². The summed E-state index contributed by atoms with van der Waals surface area (Å²) in [5, 5.41) is 0. The van der Waals surface area contributed by atoms with E-state index in [0.717, 1.165) is 6.07 Å². The van der Waals surface area contributed by atoms with Crippen LogP contribution in [-0.2, 0) is 10.0 Å². The smallest absolute Gasteiger partial charge is 0.257 e. The van der Waals surface area contributed by atoms with Crippen LogP contribution in [0.3, 0.4) is 0 Å². The number of hydrogen-bond donors (Lipinski definition) is 2. The SMILES string of the molecule is Cc1cc(S(=O)(=O)NNc2ccccc2)ccc1F. The first-order chi connectivity index (χ1) is 8.99. The standard InChI is InChI=1S/C13H13FN2O2S/c1-10-9-12(7-8-13(10)14)19(17,18)16-15-11-5-3-2-4-6-11/h2-9,15-16H,1H3. The largest absolute Gasteiger partial charge is 0.308 e. The number of benzene rings is 2. The summed E-state index contributed by atoms with van der Waals surface area (Å²) < 4.78 is 37.1. The van der Waals surface area contributed by atoms with Crippen molar-refractivity contribution in [1.82, 2.24) is 4.83 Å². The van der Waals surface area contributed by atoms with Crippen molar-refractivity contribution >= 4 is 15.7 Å². The van der Waals surface area contributed by atoms with Crippen molar-refractivity contribution in [2.45, 2.75) is 11.8 Å². The number of nitrogens with one attached hydrogen (secondary N) is 2. The molecule has 2 aromatic carbocycles. The Hall–Kier alpha value is -1.92. The first-order valence-electron chi connectivity index (χ1n) is 5.58. The second-order valence-corrected chi connectivity index (χ2v) is 5.69. The van der Waals surface area contributed by atoms with E-state index in [1.165, 1.54) is 19.1 Å². The summed E-state index contributed by atoms with van der Waals surface area (Å²) in [6.07, 6.45) is 0. The van der Waals surface area contributed by atoms with Crippen LogP contribution < -0.4 is 10.3 Å². The Bertz CT molecular complexity index is 672. The van der Waals surface area contributed by atoms with E-state index >= 15 is 0 Å². The number of aryl methyl sites for hydroxylation is 1. The van der Waals surface area contributed by atoms with Crippen molar-refractivity contribution in [3.8, 4) is 0 Å². The minimum absolute atomic E-state index is 0.00910. The van der Waals surface area contributed by atoms with Gasteiger partial charge < -0.3 is 5.43 Å². The maximum atomic E-state index is 13.1. The highest BCUT2D eigenvalue weighted by Crippen LogP contribution is 2.14. The van der Waals surface area contributed by atoms with Crippen LogP contribution in [0.1, 0.15) is 5.56 Å². The number of hydrogen-bond acceptors (Lipinski definition) is 3. The number of anilines is 1. The molecule has 0 spiro atoms. The summed E-state index contributed by atoms with van der Waals surface area (Å²) in [7, 11) is -3.73. The average Bonchev–Trinajstić information content (AvgIpc) is 2.41. The molecule has 2 N–H and O–H groups in total. The number of halogens is 1. The fourth-order valence-electron chi connectivity index (χ4n) is 1.49. The lowest BCUT2D eigenvalue weighted by Crippen LogP contribution is -2.29. The average molecular weight is 280 g/mol. The summed E-state index contributed by atoms with van der Waals surface area (Å²) in [5.41, 5.74) is 3.48. The molecule has 6 heteroatoms. The third kappa shape index (κ3) is 3.30. The molecular formula is C13H13FN2O2S. The number of hydrazine groups is 1. The van der Waals surface area contributed by atoms with Gasteiger partial charge in [0.1, 0.15) is 5.82 Å². The van der Waals surface area contributed by atoms with E-state index in [1.807, 2.05) is 6.07 Å². The highest BCUT2D eigenvalue weighted by Gasteiger charge is 2.14. The van der Waals surface area contributed by atoms with Gasteiger partial charge in [-0.15, -0.1) is 4.83 Å². The molecule has 0 aliphatic carbocycles. The van der Waals surface area contributed by atoms with E-state index in [9.17, 15) is 12.8 Å². The number of para-hydroxylation sites is 1. The van der Waals surface area contributed by atoms with Crippen molar-refractivity contribution < 1.29 is 12.8 Å². The minimum atomic E-state index is -3.73. The van der Waals surface area contributed by atoms with Crippen LogP contribution in [0.4, 0.5) is 10.1 Å². The van der Waals surface area contributed by atoms with Gasteiger partial charge in [0, 0.05) is 5.69 Å². The molecule has 0 heterocycles. The van der Waals surface area contributed by atoms with Gasteiger partial charge in [-0.1, -0.05) is 18.2 Å². The zero-order valence-corrected chi connectivity index (χ0v) is 11.0. The molecule has 0 amide bonds. The molecule has 100 valence electrons. The molecule has 0 atom stereocenters. The second-order valence-electron chi connectivity index (χ2n) is 4.01. The van der Waals surface area contributed by atoms with Crippen LogP contribution in [0.25, 0.3) is 0 Å². The van der Waals surface area contributed by atoms with E-state index < -0.39 is 15.8 Å². The van der Waals surface area contributed by atoms with Crippen molar-refractivity contribution in [1.29, 1.82) is 0 Å². The molecule has 0 fully saturated rings. The molecule has 2 aromatic rings. The zero-order valence-electron chi connectivity index (χ0n) is 10.2. The quantitative estimate of drug-likeness (QED) is 0.846. The fourth-order valence-corrected chi connectivity index (χ4v) is 2.44. The lowest BCUT2D eigenvalue weighted by atomic mass is 10.2. The molecule has 0 radical (unpaired) electrons. The molecular weight excluding hydrogens is 267 g/mol. The number of sulfonamides is 1. The zero-order chi connectivity index (χ0) is 13.9. The molecule has 19 heavy (non-hydrogen) atoms. The Morgan fingerprint density at radius 2 is 1.74 bits per heavy atom. The summed E-state index contributed by atoms with van der Waals surface area (Å²) in [5.74, 6) is -0.435. The summed E-state index contributed by atoms with van der Waals surface area (Å²) in [4.78, 5) is 2.25. The van der Waals surface area contributed by atoms with Gasteiger partial charge in [0.05, 0.1) is 4.90 Å². The van der Waals surface area contributed by atoms with E-state index in [0.29, 0.717) is 5.69 Å². The lowest BCUT2D eigenvalue weighted by Gasteiger charge is -2.10. The molecule has 0 bridgehead atoms. The van der Waals surface area contributed by atoms with E-state index in [2.05, 4.69) is 10.3 Å². The highest BCUT2D eigenvalue weighted by molar-refractivity contribution is 7.89. The molecule has 0 aromatic heterocycles. The predicted octanol–water partition coefficient (Wildman–Crippen LogP) is 2.44. The first kappa shape index (κ1) is 13.5. The van der Waals surface area contributed by atoms with Gasteiger partial charge in [-0.25, -0.2) is 12.8 Å². The third-order valence-electron chi connectivity index (χ3n) is 2.54. The molecule has 4 nitrogen and oxygen atoms in total. The van der Waals surface area contributed by atoms with Crippen molar-refractivity contribution in [2.75, 3.05) is 5.43 Å². The normalized spacial score (nSPS) is 11.3. The van der Waals surface area contributed by atoms with Crippen molar-refractivity contribution in [2.24, 2.45) is 0 Å². The Kier molecular flexibility index (Phi) is 3.82. The van der Waals surface area contributed by atoms with Crippen LogP contribution in [0.15, 0.2) is 53.4 Å². The predicted molar refractivity (Wildman–Crippen MR) is 71.5 cm³/mol. The second kappa shape index (κ2) is 5.38. The molecule has 0 aliphatic heterocycles. The summed E-state index contributed by atoms with van der Waals surface area (Å²) in [6, 6.07) is 12.4. The Morgan fingerprint density at radius 3 is 2.37 bits per heavy atom. The Morgan fingerprint density at radius 1 is 1.05 bits per heavy atom. The Balaban J connectivity index is 2.16.